The first kappa shape index (κ1) is 35.2. The Morgan fingerprint density at radius 1 is 1.09 bits per heavy atom. The highest BCUT2D eigenvalue weighted by molar-refractivity contribution is 6.01. The molecular weight excluding hydrogens is 602 g/mol. The number of hydrogen-bond acceptors (Lipinski definition) is 17. The monoisotopic (exact) mass is 643 g/mol. The third-order valence-electron chi connectivity index (χ3n) is 10.2. The molecule has 0 bridgehead atoms. The number of allylic oxidation sites excluding steroid dienone is 4. The van der Waals surface area contributed by atoms with E-state index < -0.39 is 89.4 Å². The van der Waals surface area contributed by atoms with Crippen molar-refractivity contribution in [2.45, 2.75) is 76.2 Å². The topological polar surface area (TPSA) is 259 Å². The molecule has 0 aliphatic heterocycles. The van der Waals surface area contributed by atoms with E-state index in [4.69, 9.17) is 36.0 Å². The SMILES string of the molecule is C[C@]12C=CC(=O)C=C1CC[C@@H]1[C@@H]2[C@@H](O)C[C@@]2(C)[C@H]1CC[C@]2(O)C(=O)COC(=O)CC(N)C(=O)OCC(CON(O)O)ON(O)O. The molecule has 0 saturated heterocycles. The molecule has 0 aromatic heterocycles. The summed E-state index contributed by atoms with van der Waals surface area (Å²) in [6, 6.07) is -1.56. The number of hydrogen-bond donors (Lipinski definition) is 7. The number of carbonyl (C=O) groups is 4. The van der Waals surface area contributed by atoms with Crippen LogP contribution < -0.4 is 5.73 Å². The summed E-state index contributed by atoms with van der Waals surface area (Å²) in [6.07, 6.45) is 4.24. The van der Waals surface area contributed by atoms with Gasteiger partial charge in [-0.25, -0.2) is 9.68 Å². The first-order valence-electron chi connectivity index (χ1n) is 14.6. The summed E-state index contributed by atoms with van der Waals surface area (Å²) in [4.78, 5) is 58.8. The molecule has 17 heteroatoms. The van der Waals surface area contributed by atoms with Crippen molar-refractivity contribution in [3.63, 3.8) is 0 Å². The van der Waals surface area contributed by atoms with Gasteiger partial charge in [0.2, 0.25) is 5.78 Å². The average Bonchev–Trinajstić information content (AvgIpc) is 3.23. The maximum Gasteiger partial charge on any atom is 0.323 e. The molecule has 0 spiro atoms. The van der Waals surface area contributed by atoms with E-state index in [2.05, 4.69) is 9.68 Å². The van der Waals surface area contributed by atoms with Crippen molar-refractivity contribution in [2.75, 3.05) is 19.8 Å². The number of aliphatic hydroxyl groups excluding tert-OH is 1. The molecule has 4 aliphatic carbocycles. The molecule has 4 aliphatic rings. The standard InChI is InChI=1S/C28H41N3O14/c1-26-7-5-16(32)9-15(26)3-4-18-19-6-8-28(37,27(19,2)11-21(33)24(18)26)22(34)14-42-23(35)10-20(29)25(36)43-12-17(45-31(40)41)13-44-30(38)39/h5,7,9,17-21,24,33,37-41H,3-4,6,8,10-14,29H2,1-2H3/t17?,18-,19-,20?,21-,24+,26-,27-,28-/m0/s1. The molecule has 4 rings (SSSR count). The number of fused-ring (bicyclic) bond motifs is 5. The van der Waals surface area contributed by atoms with Crippen LogP contribution in [0, 0.1) is 28.6 Å². The van der Waals surface area contributed by atoms with Crippen LogP contribution in [0.5, 0.6) is 0 Å². The molecule has 3 saturated carbocycles. The van der Waals surface area contributed by atoms with Gasteiger partial charge >= 0.3 is 11.9 Å². The zero-order valence-corrected chi connectivity index (χ0v) is 25.0. The third-order valence-corrected chi connectivity index (χ3v) is 10.2. The number of nitrogens with zero attached hydrogens (tertiary/aromatic N) is 2. The lowest BCUT2D eigenvalue weighted by atomic mass is 9.46. The predicted molar refractivity (Wildman–Crippen MR) is 144 cm³/mol. The van der Waals surface area contributed by atoms with Gasteiger partial charge in [0.05, 0.1) is 23.3 Å². The number of rotatable bonds is 13. The molecule has 2 unspecified atom stereocenters. The molecule has 45 heavy (non-hydrogen) atoms. The van der Waals surface area contributed by atoms with Gasteiger partial charge < -0.3 is 25.4 Å². The molecular formula is C28H41N3O14. The van der Waals surface area contributed by atoms with E-state index in [0.29, 0.717) is 19.3 Å². The summed E-state index contributed by atoms with van der Waals surface area (Å²) < 4.78 is 9.91. The average molecular weight is 644 g/mol. The molecule has 252 valence electrons. The van der Waals surface area contributed by atoms with Gasteiger partial charge in [-0.3, -0.25) is 40.0 Å². The van der Waals surface area contributed by atoms with Crippen LogP contribution in [0.4, 0.5) is 0 Å². The molecule has 3 fully saturated rings. The highest BCUT2D eigenvalue weighted by Crippen LogP contribution is 2.67. The summed E-state index contributed by atoms with van der Waals surface area (Å²) in [7, 11) is 0. The Labute approximate surface area is 258 Å². The van der Waals surface area contributed by atoms with Gasteiger partial charge in [0.15, 0.2) is 12.4 Å². The summed E-state index contributed by atoms with van der Waals surface area (Å²) in [6.45, 7) is 1.60. The smallest absolute Gasteiger partial charge is 0.323 e. The summed E-state index contributed by atoms with van der Waals surface area (Å²) in [5.41, 5.74) is 3.32. The fourth-order valence-corrected chi connectivity index (χ4v) is 8.05. The van der Waals surface area contributed by atoms with Gasteiger partial charge in [-0.05, 0) is 56.1 Å². The van der Waals surface area contributed by atoms with Gasteiger partial charge in [-0.15, -0.1) is 0 Å². The van der Waals surface area contributed by atoms with Crippen molar-refractivity contribution in [2.24, 2.45) is 34.3 Å². The largest absolute Gasteiger partial charge is 0.462 e. The van der Waals surface area contributed by atoms with Gasteiger partial charge in [-0.1, -0.05) is 25.5 Å². The van der Waals surface area contributed by atoms with Crippen LogP contribution in [0.1, 0.15) is 52.4 Å². The second kappa shape index (κ2) is 13.6. The van der Waals surface area contributed by atoms with E-state index in [1.807, 2.05) is 13.0 Å². The minimum Gasteiger partial charge on any atom is -0.462 e. The maximum atomic E-state index is 13.4. The van der Waals surface area contributed by atoms with E-state index in [1.165, 1.54) is 6.08 Å². The van der Waals surface area contributed by atoms with Gasteiger partial charge in [0.1, 0.15) is 31.0 Å². The minimum absolute atomic E-state index is 0.00672. The maximum absolute atomic E-state index is 13.4. The normalized spacial score (nSPS) is 35.3. The van der Waals surface area contributed by atoms with E-state index >= 15 is 0 Å². The lowest BCUT2D eigenvalue weighted by molar-refractivity contribution is -0.527. The fraction of sp³-hybridized carbons (Fsp3) is 0.714. The number of nitrogens with two attached hydrogens (primary N) is 1. The van der Waals surface area contributed by atoms with Crippen molar-refractivity contribution in [1.29, 1.82) is 0 Å². The van der Waals surface area contributed by atoms with E-state index in [-0.39, 0.29) is 36.4 Å². The second-order valence-corrected chi connectivity index (χ2v) is 12.7. The molecule has 0 amide bonds. The first-order valence-corrected chi connectivity index (χ1v) is 14.6. The molecule has 17 nitrogen and oxygen atoms in total. The zero-order chi connectivity index (χ0) is 33.3. The van der Waals surface area contributed by atoms with Gasteiger partial charge in [0.25, 0.3) is 0 Å². The van der Waals surface area contributed by atoms with Crippen molar-refractivity contribution < 1.29 is 69.4 Å². The molecule has 0 aromatic carbocycles. The number of esters is 2. The number of carbonyl (C=O) groups excluding carboxylic acids is 4. The lowest BCUT2D eigenvalue weighted by Gasteiger charge is -2.59. The van der Waals surface area contributed by atoms with E-state index in [1.54, 1.807) is 13.0 Å². The van der Waals surface area contributed by atoms with Crippen molar-refractivity contribution in [3.05, 3.63) is 23.8 Å². The minimum atomic E-state index is -1.87. The summed E-state index contributed by atoms with van der Waals surface area (Å²) in [5.74, 6) is -3.25. The fourth-order valence-electron chi connectivity index (χ4n) is 8.05. The zero-order valence-electron chi connectivity index (χ0n) is 25.0. The number of ketones is 2. The Kier molecular flexibility index (Phi) is 10.6. The molecule has 8 N–H and O–H groups in total. The van der Waals surface area contributed by atoms with E-state index in [9.17, 15) is 29.4 Å². The summed E-state index contributed by atoms with van der Waals surface area (Å²) >= 11 is 0. The quantitative estimate of drug-likeness (QED) is 0.101. The van der Waals surface area contributed by atoms with Crippen LogP contribution in [-0.2, 0) is 38.3 Å². The van der Waals surface area contributed by atoms with Crippen LogP contribution in [-0.4, -0.2) is 109 Å². The van der Waals surface area contributed by atoms with Gasteiger partial charge in [-0.2, -0.15) is 0 Å². The number of aliphatic hydroxyl groups is 2. The Morgan fingerprint density at radius 2 is 1.80 bits per heavy atom. The van der Waals surface area contributed by atoms with Crippen molar-refractivity contribution >= 4 is 23.5 Å². The van der Waals surface area contributed by atoms with Gasteiger partial charge in [0, 0.05) is 16.7 Å². The van der Waals surface area contributed by atoms with Crippen LogP contribution in [0.15, 0.2) is 23.8 Å². The number of Topliss-reactive ketones (excluding diaryl/α,β-unsaturated/α-hetero) is 1. The van der Waals surface area contributed by atoms with E-state index in [0.717, 1.165) is 5.57 Å². The molecule has 9 atom stereocenters. The molecule has 0 aromatic rings. The first-order chi connectivity index (χ1) is 21.0. The van der Waals surface area contributed by atoms with Crippen molar-refractivity contribution in [1.82, 2.24) is 10.8 Å². The Bertz CT molecular complexity index is 1220. The highest BCUT2D eigenvalue weighted by Gasteiger charge is 2.68. The van der Waals surface area contributed by atoms with Crippen molar-refractivity contribution in [3.8, 4) is 0 Å². The lowest BCUT2D eigenvalue weighted by Crippen LogP contribution is -2.61. The highest BCUT2D eigenvalue weighted by atomic mass is 17.1. The van der Waals surface area contributed by atoms with Crippen LogP contribution >= 0.6 is 0 Å². The van der Waals surface area contributed by atoms with Crippen LogP contribution in [0.2, 0.25) is 0 Å². The molecule has 0 radical (unpaired) electrons. The Morgan fingerprint density at radius 3 is 2.47 bits per heavy atom. The third kappa shape index (κ3) is 7.03. The Hall–Kier alpha value is -2.68. The van der Waals surface area contributed by atoms with Crippen LogP contribution in [0.3, 0.4) is 0 Å². The predicted octanol–water partition coefficient (Wildman–Crippen LogP) is -0.238. The molecule has 0 heterocycles. The Balaban J connectivity index is 1.32. The number of ether oxygens (including phenoxy) is 2. The summed E-state index contributed by atoms with van der Waals surface area (Å²) in [5, 5.41) is 56.5. The van der Waals surface area contributed by atoms with Crippen LogP contribution in [0.25, 0.3) is 0 Å². The second-order valence-electron chi connectivity index (χ2n) is 12.7.